The van der Waals surface area contributed by atoms with Crippen LogP contribution in [0, 0.1) is 0 Å². The Morgan fingerprint density at radius 3 is 2.77 bits per heavy atom. The summed E-state index contributed by atoms with van der Waals surface area (Å²) in [4.78, 5) is 26.7. The standard InChI is InChI=1S/C19H29N3O4/c1-3-15(16-7-5-4-6-8-16)11-20-19(25)22-9-10-26-17(13-22)12-21(2)14-18(23)24/h4-8,15,17H,3,9-14H2,1-2H3,(H,20,25)(H,23,24). The lowest BCUT2D eigenvalue weighted by molar-refractivity contribution is -0.138. The number of morpholine rings is 1. The van der Waals surface area contributed by atoms with Gasteiger partial charge in [-0.3, -0.25) is 9.69 Å². The van der Waals surface area contributed by atoms with Crippen LogP contribution in [0.5, 0.6) is 0 Å². The van der Waals surface area contributed by atoms with Crippen LogP contribution in [0.1, 0.15) is 24.8 Å². The van der Waals surface area contributed by atoms with Crippen molar-refractivity contribution >= 4 is 12.0 Å². The first-order valence-corrected chi connectivity index (χ1v) is 9.09. The molecule has 7 heteroatoms. The Kier molecular flexibility index (Phi) is 7.87. The van der Waals surface area contributed by atoms with E-state index in [1.807, 2.05) is 18.2 Å². The Hall–Kier alpha value is -2.12. The van der Waals surface area contributed by atoms with E-state index in [4.69, 9.17) is 9.84 Å². The van der Waals surface area contributed by atoms with Crippen molar-refractivity contribution in [1.29, 1.82) is 0 Å². The number of aliphatic carboxylic acids is 1. The summed E-state index contributed by atoms with van der Waals surface area (Å²) in [5.74, 6) is -0.580. The van der Waals surface area contributed by atoms with Crippen molar-refractivity contribution in [3.63, 3.8) is 0 Å². The fourth-order valence-electron chi connectivity index (χ4n) is 3.20. The third kappa shape index (κ3) is 6.31. The third-order valence-corrected chi connectivity index (χ3v) is 4.61. The molecule has 2 N–H and O–H groups in total. The van der Waals surface area contributed by atoms with Crippen LogP contribution >= 0.6 is 0 Å². The molecule has 1 fully saturated rings. The molecule has 144 valence electrons. The summed E-state index contributed by atoms with van der Waals surface area (Å²) in [7, 11) is 1.74. The monoisotopic (exact) mass is 363 g/mol. The summed E-state index contributed by atoms with van der Waals surface area (Å²) < 4.78 is 5.67. The average Bonchev–Trinajstić information content (AvgIpc) is 2.62. The zero-order valence-corrected chi connectivity index (χ0v) is 15.6. The van der Waals surface area contributed by atoms with Gasteiger partial charge in [0.25, 0.3) is 0 Å². The number of carboxylic acid groups (broad SMARTS) is 1. The van der Waals surface area contributed by atoms with Crippen molar-refractivity contribution in [2.45, 2.75) is 25.4 Å². The van der Waals surface area contributed by atoms with Crippen LogP contribution in [0.15, 0.2) is 30.3 Å². The van der Waals surface area contributed by atoms with Gasteiger partial charge < -0.3 is 20.1 Å². The van der Waals surface area contributed by atoms with Crippen LogP contribution in [0.3, 0.4) is 0 Å². The minimum atomic E-state index is -0.871. The molecule has 0 saturated carbocycles. The quantitative estimate of drug-likeness (QED) is 0.733. The number of benzene rings is 1. The molecule has 2 rings (SSSR count). The van der Waals surface area contributed by atoms with Gasteiger partial charge in [-0.1, -0.05) is 37.3 Å². The highest BCUT2D eigenvalue weighted by Crippen LogP contribution is 2.18. The molecule has 0 spiro atoms. The predicted octanol–water partition coefficient (Wildman–Crippen LogP) is 1.61. The first kappa shape index (κ1) is 20.2. The molecule has 2 unspecified atom stereocenters. The Morgan fingerprint density at radius 1 is 1.38 bits per heavy atom. The van der Waals surface area contributed by atoms with Crippen molar-refractivity contribution in [1.82, 2.24) is 15.1 Å². The van der Waals surface area contributed by atoms with Crippen LogP contribution in [0.25, 0.3) is 0 Å². The van der Waals surface area contributed by atoms with Crippen LogP contribution in [0.4, 0.5) is 4.79 Å². The zero-order chi connectivity index (χ0) is 18.9. The van der Waals surface area contributed by atoms with Gasteiger partial charge in [-0.25, -0.2) is 4.79 Å². The second-order valence-electron chi connectivity index (χ2n) is 6.73. The molecule has 26 heavy (non-hydrogen) atoms. The molecule has 1 saturated heterocycles. The number of hydrogen-bond donors (Lipinski definition) is 2. The van der Waals surface area contributed by atoms with E-state index in [0.29, 0.717) is 38.7 Å². The Bertz CT molecular complexity index is 581. The number of rotatable bonds is 8. The van der Waals surface area contributed by atoms with Crippen LogP contribution < -0.4 is 5.32 Å². The molecule has 1 aliphatic rings. The molecule has 0 aromatic heterocycles. The summed E-state index contributed by atoms with van der Waals surface area (Å²) in [5, 5.41) is 11.9. The predicted molar refractivity (Wildman–Crippen MR) is 99.3 cm³/mol. The molecule has 2 amide bonds. The van der Waals surface area contributed by atoms with Gasteiger partial charge in [0.15, 0.2) is 0 Å². The minimum absolute atomic E-state index is 0.0404. The van der Waals surface area contributed by atoms with E-state index in [0.717, 1.165) is 6.42 Å². The van der Waals surface area contributed by atoms with Crippen LogP contribution in [0.2, 0.25) is 0 Å². The van der Waals surface area contributed by atoms with Crippen molar-refractivity contribution in [3.05, 3.63) is 35.9 Å². The number of ether oxygens (including phenoxy) is 1. The molecular formula is C19H29N3O4. The minimum Gasteiger partial charge on any atom is -0.480 e. The van der Waals surface area contributed by atoms with Crippen LogP contribution in [-0.2, 0) is 9.53 Å². The maximum Gasteiger partial charge on any atom is 0.317 e. The van der Waals surface area contributed by atoms with Gasteiger partial charge in [-0.15, -0.1) is 0 Å². The number of likely N-dealkylation sites (N-methyl/N-ethyl adjacent to an activating group) is 1. The second-order valence-corrected chi connectivity index (χ2v) is 6.73. The van der Waals surface area contributed by atoms with E-state index < -0.39 is 5.97 Å². The van der Waals surface area contributed by atoms with E-state index in [1.54, 1.807) is 16.8 Å². The molecule has 1 aromatic rings. The topological polar surface area (TPSA) is 82.1 Å². The maximum absolute atomic E-state index is 12.5. The highest BCUT2D eigenvalue weighted by molar-refractivity contribution is 5.74. The van der Waals surface area contributed by atoms with Gasteiger partial charge in [-0.2, -0.15) is 0 Å². The molecule has 0 radical (unpaired) electrons. The first-order valence-electron chi connectivity index (χ1n) is 9.09. The van der Waals surface area contributed by atoms with E-state index in [9.17, 15) is 9.59 Å². The molecule has 1 heterocycles. The van der Waals surface area contributed by atoms with Gasteiger partial charge in [0.2, 0.25) is 0 Å². The number of nitrogens with one attached hydrogen (secondary N) is 1. The maximum atomic E-state index is 12.5. The summed E-state index contributed by atoms with van der Waals surface area (Å²) in [6.45, 7) is 4.64. The van der Waals surface area contributed by atoms with Crippen molar-refractivity contribution in [3.8, 4) is 0 Å². The molecule has 0 aliphatic carbocycles. The number of urea groups is 1. The lowest BCUT2D eigenvalue weighted by Gasteiger charge is -2.34. The highest BCUT2D eigenvalue weighted by Gasteiger charge is 2.26. The summed E-state index contributed by atoms with van der Waals surface area (Å²) in [6, 6.07) is 10.1. The van der Waals surface area contributed by atoms with Crippen molar-refractivity contribution in [2.75, 3.05) is 46.4 Å². The van der Waals surface area contributed by atoms with Crippen LogP contribution in [-0.4, -0.2) is 79.4 Å². The number of carbonyl (C=O) groups excluding carboxylic acids is 1. The Balaban J connectivity index is 1.82. The van der Waals surface area contributed by atoms with E-state index in [1.165, 1.54) is 5.56 Å². The number of carbonyl (C=O) groups is 2. The smallest absolute Gasteiger partial charge is 0.317 e. The summed E-state index contributed by atoms with van der Waals surface area (Å²) in [5.41, 5.74) is 1.23. The van der Waals surface area contributed by atoms with Gasteiger partial charge in [0.1, 0.15) is 0 Å². The average molecular weight is 363 g/mol. The molecule has 0 bridgehead atoms. The van der Waals surface area contributed by atoms with Crippen molar-refractivity contribution < 1.29 is 19.4 Å². The van der Waals surface area contributed by atoms with Gasteiger partial charge in [-0.05, 0) is 19.0 Å². The molecule has 1 aromatic carbocycles. The van der Waals surface area contributed by atoms with Gasteiger partial charge in [0.05, 0.1) is 19.3 Å². The normalized spacial score (nSPS) is 18.6. The fourth-order valence-corrected chi connectivity index (χ4v) is 3.20. The van der Waals surface area contributed by atoms with E-state index in [2.05, 4.69) is 24.4 Å². The van der Waals surface area contributed by atoms with Gasteiger partial charge >= 0.3 is 12.0 Å². The highest BCUT2D eigenvalue weighted by atomic mass is 16.5. The molecular weight excluding hydrogens is 334 g/mol. The largest absolute Gasteiger partial charge is 0.480 e. The second kappa shape index (κ2) is 10.1. The molecule has 2 atom stereocenters. The fraction of sp³-hybridized carbons (Fsp3) is 0.579. The Labute approximate surface area is 154 Å². The van der Waals surface area contributed by atoms with E-state index in [-0.39, 0.29) is 18.7 Å². The summed E-state index contributed by atoms with van der Waals surface area (Å²) in [6.07, 6.45) is 0.783. The number of hydrogen-bond acceptors (Lipinski definition) is 4. The zero-order valence-electron chi connectivity index (χ0n) is 15.6. The number of nitrogens with zero attached hydrogens (tertiary/aromatic N) is 2. The van der Waals surface area contributed by atoms with Crippen molar-refractivity contribution in [2.24, 2.45) is 0 Å². The lowest BCUT2D eigenvalue weighted by atomic mass is 9.97. The van der Waals surface area contributed by atoms with E-state index >= 15 is 0 Å². The Morgan fingerprint density at radius 2 is 2.12 bits per heavy atom. The SMILES string of the molecule is CCC(CNC(=O)N1CCOC(CN(C)CC(=O)O)C1)c1ccccc1. The summed E-state index contributed by atoms with van der Waals surface area (Å²) >= 11 is 0. The van der Waals surface area contributed by atoms with Gasteiger partial charge in [0, 0.05) is 32.1 Å². The number of carboxylic acids is 1. The number of amides is 2. The first-order chi connectivity index (χ1) is 12.5. The third-order valence-electron chi connectivity index (χ3n) is 4.61. The molecule has 7 nitrogen and oxygen atoms in total. The molecule has 1 aliphatic heterocycles. The lowest BCUT2D eigenvalue weighted by Crippen LogP contribution is -2.52.